The maximum Gasteiger partial charge on any atom is 0.160 e. The van der Waals surface area contributed by atoms with Gasteiger partial charge in [0.15, 0.2) is 5.82 Å². The molecule has 1 aliphatic heterocycles. The molecule has 1 aromatic heterocycles. The van der Waals surface area contributed by atoms with Crippen LogP contribution in [0, 0.1) is 0 Å². The molecule has 9 rings (SSSR count). The Morgan fingerprint density at radius 2 is 0.911 bits per heavy atom. The Labute approximate surface area is 328 Å². The zero-order chi connectivity index (χ0) is 37.7. The summed E-state index contributed by atoms with van der Waals surface area (Å²) < 4.78 is 0. The van der Waals surface area contributed by atoms with Crippen molar-refractivity contribution in [2.75, 3.05) is 0 Å². The highest BCUT2D eigenvalue weighted by molar-refractivity contribution is 6.17. The normalized spacial score (nSPS) is 12.8. The van der Waals surface area contributed by atoms with Crippen molar-refractivity contribution in [3.05, 3.63) is 240 Å². The van der Waals surface area contributed by atoms with E-state index in [-0.39, 0.29) is 0 Å². The lowest BCUT2D eigenvalue weighted by Crippen LogP contribution is -2.18. The van der Waals surface area contributed by atoms with E-state index in [4.69, 9.17) is 9.97 Å². The van der Waals surface area contributed by atoms with Crippen molar-refractivity contribution in [3.8, 4) is 45.0 Å². The number of fused-ring (bicyclic) bond motifs is 1. The molecule has 56 heavy (non-hydrogen) atoms. The summed E-state index contributed by atoms with van der Waals surface area (Å²) in [6.45, 7) is 4.22. The van der Waals surface area contributed by atoms with Gasteiger partial charge in [-0.25, -0.2) is 9.97 Å². The third-order valence-corrected chi connectivity index (χ3v) is 10.1. The van der Waals surface area contributed by atoms with Crippen LogP contribution in [0.15, 0.2) is 213 Å². The van der Waals surface area contributed by atoms with Gasteiger partial charge in [0.05, 0.1) is 17.1 Å². The predicted octanol–water partition coefficient (Wildman–Crippen LogP) is 13.0. The molecule has 3 heteroatoms. The summed E-state index contributed by atoms with van der Waals surface area (Å²) >= 11 is 0. The first kappa shape index (κ1) is 34.2. The van der Waals surface area contributed by atoms with Gasteiger partial charge in [0.1, 0.15) is 0 Å². The summed E-state index contributed by atoms with van der Waals surface area (Å²) in [5.41, 5.74) is 19.6. The van der Waals surface area contributed by atoms with Crippen molar-refractivity contribution in [3.63, 3.8) is 0 Å². The molecular weight excluding hydrogens is 679 g/mol. The molecule has 0 aliphatic carbocycles. The van der Waals surface area contributed by atoms with Crippen molar-refractivity contribution in [1.82, 2.24) is 15.3 Å². The van der Waals surface area contributed by atoms with Crippen LogP contribution in [0.4, 0.5) is 0 Å². The number of hydrogen-bond acceptors (Lipinski definition) is 3. The molecule has 2 heterocycles. The van der Waals surface area contributed by atoms with Crippen LogP contribution in [0.2, 0.25) is 0 Å². The highest BCUT2D eigenvalue weighted by Crippen LogP contribution is 2.42. The van der Waals surface area contributed by atoms with Gasteiger partial charge in [-0.3, -0.25) is 0 Å². The summed E-state index contributed by atoms with van der Waals surface area (Å²) in [7, 11) is 0. The average Bonchev–Trinajstić information content (AvgIpc) is 3.29. The highest BCUT2D eigenvalue weighted by Gasteiger charge is 2.25. The number of hydrogen-bond donors (Lipinski definition) is 1. The average molecular weight is 716 g/mol. The Morgan fingerprint density at radius 3 is 1.50 bits per heavy atom. The maximum absolute atomic E-state index is 5.25. The van der Waals surface area contributed by atoms with Crippen LogP contribution in [-0.4, -0.2) is 9.97 Å². The van der Waals surface area contributed by atoms with Crippen LogP contribution < -0.4 is 5.32 Å². The molecule has 264 valence electrons. The summed E-state index contributed by atoms with van der Waals surface area (Å²) in [4.78, 5) is 10.5. The summed E-state index contributed by atoms with van der Waals surface area (Å²) in [5, 5.41) is 3.89. The molecule has 0 radical (unpaired) electrons. The van der Waals surface area contributed by atoms with E-state index in [0.717, 1.165) is 84.0 Å². The molecule has 0 atom stereocenters. The molecule has 0 bridgehead atoms. The third-order valence-electron chi connectivity index (χ3n) is 10.1. The molecule has 1 aliphatic rings. The Balaban J connectivity index is 1.25. The first-order valence-corrected chi connectivity index (χ1v) is 18.8. The minimum Gasteiger partial charge on any atom is -0.354 e. The van der Waals surface area contributed by atoms with Crippen molar-refractivity contribution in [1.29, 1.82) is 0 Å². The van der Waals surface area contributed by atoms with E-state index < -0.39 is 0 Å². The number of benzene rings is 7. The van der Waals surface area contributed by atoms with E-state index in [1.807, 2.05) is 42.5 Å². The minimum atomic E-state index is 0.650. The Hall–Kier alpha value is -7.58. The Morgan fingerprint density at radius 1 is 0.446 bits per heavy atom. The lowest BCUT2D eigenvalue weighted by Gasteiger charge is -2.27. The molecule has 0 saturated heterocycles. The first-order valence-electron chi connectivity index (χ1n) is 18.8. The van der Waals surface area contributed by atoms with Crippen LogP contribution in [0.5, 0.6) is 0 Å². The van der Waals surface area contributed by atoms with Gasteiger partial charge in [-0.05, 0) is 51.6 Å². The minimum absolute atomic E-state index is 0.650. The van der Waals surface area contributed by atoms with Crippen molar-refractivity contribution < 1.29 is 0 Å². The molecule has 0 saturated carbocycles. The second kappa shape index (κ2) is 15.4. The smallest absolute Gasteiger partial charge is 0.160 e. The fourth-order valence-electron chi connectivity index (χ4n) is 7.30. The SMILES string of the molecule is C=C=C(/C(=C1\NC(c2ccccc2)=Cc2ccc(-c3nc(-c4ccccc4)cc(-c4ccc(-c5ccccc5)cc4)n3)cc21)c1ccccc1)c1ccccc1. The summed E-state index contributed by atoms with van der Waals surface area (Å²) in [5.74, 6) is 0.650. The van der Waals surface area contributed by atoms with Crippen molar-refractivity contribution in [2.45, 2.75) is 0 Å². The molecule has 8 aromatic rings. The third kappa shape index (κ3) is 6.95. The second-order valence-electron chi connectivity index (χ2n) is 13.7. The van der Waals surface area contributed by atoms with Crippen LogP contribution in [0.25, 0.3) is 73.6 Å². The molecular formula is C53H37N3. The monoisotopic (exact) mass is 715 g/mol. The van der Waals surface area contributed by atoms with Crippen LogP contribution >= 0.6 is 0 Å². The number of nitrogens with zero attached hydrogens (tertiary/aromatic N) is 2. The molecule has 3 nitrogen and oxygen atoms in total. The van der Waals surface area contributed by atoms with Gasteiger partial charge in [-0.2, -0.15) is 0 Å². The van der Waals surface area contributed by atoms with Crippen LogP contribution in [0.3, 0.4) is 0 Å². The molecule has 1 N–H and O–H groups in total. The van der Waals surface area contributed by atoms with E-state index in [0.29, 0.717) is 5.82 Å². The fourth-order valence-corrected chi connectivity index (χ4v) is 7.30. The van der Waals surface area contributed by atoms with Crippen LogP contribution in [-0.2, 0) is 0 Å². The molecule has 0 unspecified atom stereocenters. The van der Waals surface area contributed by atoms with Crippen LogP contribution in [0.1, 0.15) is 27.8 Å². The quantitative estimate of drug-likeness (QED) is 0.159. The van der Waals surface area contributed by atoms with Gasteiger partial charge >= 0.3 is 0 Å². The number of aromatic nitrogens is 2. The Bertz CT molecular complexity index is 2760. The fraction of sp³-hybridized carbons (Fsp3) is 0. The molecule has 7 aromatic carbocycles. The topological polar surface area (TPSA) is 37.8 Å². The summed E-state index contributed by atoms with van der Waals surface area (Å²) in [6.07, 6.45) is 2.22. The largest absolute Gasteiger partial charge is 0.354 e. The van der Waals surface area contributed by atoms with E-state index >= 15 is 0 Å². The van der Waals surface area contributed by atoms with Gasteiger partial charge in [-0.15, -0.1) is 5.73 Å². The number of rotatable bonds is 8. The van der Waals surface area contributed by atoms with E-state index in [9.17, 15) is 0 Å². The zero-order valence-corrected chi connectivity index (χ0v) is 30.7. The van der Waals surface area contributed by atoms with E-state index in [1.54, 1.807) is 0 Å². The van der Waals surface area contributed by atoms with Gasteiger partial charge in [-0.1, -0.05) is 195 Å². The second-order valence-corrected chi connectivity index (χ2v) is 13.7. The highest BCUT2D eigenvalue weighted by atomic mass is 14.9. The van der Waals surface area contributed by atoms with E-state index in [2.05, 4.69) is 181 Å². The van der Waals surface area contributed by atoms with Crippen molar-refractivity contribution in [2.24, 2.45) is 0 Å². The lowest BCUT2D eigenvalue weighted by atomic mass is 9.85. The number of nitrogens with one attached hydrogen (secondary N) is 1. The summed E-state index contributed by atoms with van der Waals surface area (Å²) in [6, 6.07) is 69.3. The maximum atomic E-state index is 5.25. The van der Waals surface area contributed by atoms with Gasteiger partial charge < -0.3 is 5.32 Å². The number of allylic oxidation sites excluding steroid dienone is 2. The first-order chi connectivity index (χ1) is 27.7. The standard InChI is InChI=1S/C53H37N3/c1-2-46(39-20-10-4-11-21-39)51(43-26-16-7-17-27-43)52-47-34-45(33-32-44(47)35-48(54-52)40-22-12-5-13-23-40)53-55-49(41-24-14-6-15-25-41)36-50(56-53)42-30-28-38(29-31-42)37-18-8-3-9-19-37/h3-36,54H,1H2/b52-51-. The van der Waals surface area contributed by atoms with Crippen molar-refractivity contribution >= 4 is 28.6 Å². The molecule has 0 spiro atoms. The molecule has 0 fully saturated rings. The lowest BCUT2D eigenvalue weighted by molar-refractivity contribution is 1.18. The predicted molar refractivity (Wildman–Crippen MR) is 233 cm³/mol. The molecule has 0 amide bonds. The van der Waals surface area contributed by atoms with Gasteiger partial charge in [0.2, 0.25) is 0 Å². The Kier molecular flexibility index (Phi) is 9.41. The van der Waals surface area contributed by atoms with Gasteiger partial charge in [0, 0.05) is 39.1 Å². The van der Waals surface area contributed by atoms with Gasteiger partial charge in [0.25, 0.3) is 0 Å². The zero-order valence-electron chi connectivity index (χ0n) is 30.7. The van der Waals surface area contributed by atoms with E-state index in [1.165, 1.54) is 5.56 Å².